The second-order valence-electron chi connectivity index (χ2n) is 8.66. The molecule has 9 nitrogen and oxygen atoms in total. The molecule has 1 amide bonds. The number of rotatable bonds is 12. The summed E-state index contributed by atoms with van der Waals surface area (Å²) in [6.45, 7) is 3.85. The minimum Gasteiger partial charge on any atom is -0.493 e. The molecule has 0 spiro atoms. The van der Waals surface area contributed by atoms with Crippen LogP contribution in [0.2, 0.25) is 0 Å². The molecule has 0 radical (unpaired) electrons. The van der Waals surface area contributed by atoms with Gasteiger partial charge in [-0.1, -0.05) is 13.0 Å². The maximum atomic E-state index is 11.3. The van der Waals surface area contributed by atoms with E-state index < -0.39 is 5.91 Å². The Hall–Kier alpha value is -3.43. The maximum absolute atomic E-state index is 11.3. The van der Waals surface area contributed by atoms with E-state index in [1.165, 1.54) is 13.1 Å². The lowest BCUT2D eigenvalue weighted by Gasteiger charge is -2.20. The summed E-state index contributed by atoms with van der Waals surface area (Å²) in [5.41, 5.74) is 2.78. The molecule has 2 unspecified atom stereocenters. The molecule has 37 heavy (non-hydrogen) atoms. The lowest BCUT2D eigenvalue weighted by atomic mass is 9.99. The Morgan fingerprint density at radius 1 is 0.946 bits per heavy atom. The van der Waals surface area contributed by atoms with Crippen LogP contribution in [-0.4, -0.2) is 51.2 Å². The predicted molar refractivity (Wildman–Crippen MR) is 138 cm³/mol. The van der Waals surface area contributed by atoms with Crippen LogP contribution in [0.3, 0.4) is 0 Å². The van der Waals surface area contributed by atoms with Gasteiger partial charge in [0.05, 0.1) is 47.3 Å². The number of benzene rings is 2. The molecule has 1 heterocycles. The summed E-state index contributed by atoms with van der Waals surface area (Å²) in [6, 6.07) is 7.83. The van der Waals surface area contributed by atoms with Crippen LogP contribution < -0.4 is 23.7 Å². The Morgan fingerprint density at radius 3 is 1.97 bits per heavy atom. The third kappa shape index (κ3) is 6.67. The molecule has 0 saturated carbocycles. The fourth-order valence-corrected chi connectivity index (χ4v) is 4.34. The van der Waals surface area contributed by atoms with Gasteiger partial charge in [-0.05, 0) is 61.1 Å². The summed E-state index contributed by atoms with van der Waals surface area (Å²) in [7, 11) is 6.37. The van der Waals surface area contributed by atoms with E-state index in [1.54, 1.807) is 34.5 Å². The third-order valence-corrected chi connectivity index (χ3v) is 6.18. The monoisotopic (exact) mass is 515 g/mol. The van der Waals surface area contributed by atoms with E-state index in [1.807, 2.05) is 31.2 Å². The SMILES string of the molecule is CCCOc1c(C/C=C/N(O)C(C)=O)cc(C2CCC(c3cc(OC)c(OC)c(OC)c3)O2)cc1OC. The summed E-state index contributed by atoms with van der Waals surface area (Å²) in [6.07, 6.45) is 5.62. The molecule has 0 aromatic heterocycles. The smallest absolute Gasteiger partial charge is 0.246 e. The summed E-state index contributed by atoms with van der Waals surface area (Å²) in [5, 5.41) is 10.2. The van der Waals surface area contributed by atoms with Crippen molar-refractivity contribution in [3.8, 4) is 28.7 Å². The topological polar surface area (TPSA) is 95.9 Å². The second kappa shape index (κ2) is 13.2. The standard InChI is InChI=1S/C28H37NO8/c1-7-13-36-27-19(9-8-12-29(31)18(2)30)14-20(15-24(27)32-3)22-10-11-23(37-22)21-16-25(33-4)28(35-6)26(17-21)34-5/h8,12,14-17,22-23,31H,7,9-11,13H2,1-6H3/b12-8+. The highest BCUT2D eigenvalue weighted by molar-refractivity contribution is 5.72. The van der Waals surface area contributed by atoms with Gasteiger partial charge in [0.2, 0.25) is 11.7 Å². The zero-order valence-electron chi connectivity index (χ0n) is 22.4. The summed E-state index contributed by atoms with van der Waals surface area (Å²) >= 11 is 0. The Balaban J connectivity index is 1.90. The number of nitrogens with zero attached hydrogens (tertiary/aromatic N) is 1. The van der Waals surface area contributed by atoms with Crippen molar-refractivity contribution in [3.63, 3.8) is 0 Å². The minimum atomic E-state index is -0.470. The highest BCUT2D eigenvalue weighted by Crippen LogP contribution is 2.47. The number of hydrogen-bond donors (Lipinski definition) is 1. The molecule has 1 N–H and O–H groups in total. The van der Waals surface area contributed by atoms with Gasteiger partial charge in [0.15, 0.2) is 23.0 Å². The molecule has 1 fully saturated rings. The number of carbonyl (C=O) groups excluding carboxylic acids is 1. The Morgan fingerprint density at radius 2 is 1.49 bits per heavy atom. The molecule has 2 aromatic rings. The highest BCUT2D eigenvalue weighted by Gasteiger charge is 2.31. The third-order valence-electron chi connectivity index (χ3n) is 6.18. The lowest BCUT2D eigenvalue weighted by molar-refractivity contribution is -0.151. The van der Waals surface area contributed by atoms with Crippen molar-refractivity contribution in [2.24, 2.45) is 0 Å². The summed E-state index contributed by atoms with van der Waals surface area (Å²) < 4.78 is 34.7. The largest absolute Gasteiger partial charge is 0.493 e. The number of methoxy groups -OCH3 is 4. The first-order valence-electron chi connectivity index (χ1n) is 12.3. The normalized spacial score (nSPS) is 17.1. The molecule has 0 aliphatic carbocycles. The van der Waals surface area contributed by atoms with Gasteiger partial charge in [-0.15, -0.1) is 0 Å². The molecule has 9 heteroatoms. The Kier molecular flexibility index (Phi) is 10.0. The lowest BCUT2D eigenvalue weighted by Crippen LogP contribution is -2.17. The van der Waals surface area contributed by atoms with Crippen molar-refractivity contribution in [3.05, 3.63) is 53.2 Å². The molecule has 1 saturated heterocycles. The van der Waals surface area contributed by atoms with Crippen LogP contribution in [0.1, 0.15) is 62.0 Å². The van der Waals surface area contributed by atoms with Gasteiger partial charge in [-0.2, -0.15) is 5.06 Å². The van der Waals surface area contributed by atoms with Gasteiger partial charge in [-0.3, -0.25) is 10.0 Å². The van der Waals surface area contributed by atoms with Crippen LogP contribution in [0.5, 0.6) is 28.7 Å². The number of amides is 1. The van der Waals surface area contributed by atoms with Crippen molar-refractivity contribution >= 4 is 5.91 Å². The highest BCUT2D eigenvalue weighted by atomic mass is 16.5. The predicted octanol–water partition coefficient (Wildman–Crippen LogP) is 5.40. The number of carbonyl (C=O) groups is 1. The van der Waals surface area contributed by atoms with Crippen molar-refractivity contribution in [1.29, 1.82) is 0 Å². The van der Waals surface area contributed by atoms with Crippen molar-refractivity contribution in [2.45, 2.75) is 51.7 Å². The number of hydrogen-bond acceptors (Lipinski definition) is 8. The zero-order chi connectivity index (χ0) is 26.9. The van der Waals surface area contributed by atoms with Crippen LogP contribution in [0.4, 0.5) is 0 Å². The number of hydroxylamine groups is 2. The van der Waals surface area contributed by atoms with E-state index in [0.717, 1.165) is 36.0 Å². The van der Waals surface area contributed by atoms with Crippen LogP contribution >= 0.6 is 0 Å². The van der Waals surface area contributed by atoms with Crippen LogP contribution in [0.25, 0.3) is 0 Å². The van der Waals surface area contributed by atoms with Gasteiger partial charge in [-0.25, -0.2) is 0 Å². The van der Waals surface area contributed by atoms with Crippen LogP contribution in [0.15, 0.2) is 36.5 Å². The number of ether oxygens (including phenoxy) is 6. The van der Waals surface area contributed by atoms with E-state index in [9.17, 15) is 10.0 Å². The maximum Gasteiger partial charge on any atom is 0.246 e. The van der Waals surface area contributed by atoms with Crippen molar-refractivity contribution in [1.82, 2.24) is 5.06 Å². The van der Waals surface area contributed by atoms with E-state index in [4.69, 9.17) is 28.4 Å². The first-order valence-corrected chi connectivity index (χ1v) is 12.3. The van der Waals surface area contributed by atoms with Crippen LogP contribution in [0, 0.1) is 0 Å². The molecule has 0 bridgehead atoms. The second-order valence-corrected chi connectivity index (χ2v) is 8.66. The Bertz CT molecular complexity index is 1070. The molecule has 3 rings (SSSR count). The van der Waals surface area contributed by atoms with Gasteiger partial charge in [0.25, 0.3) is 0 Å². The molecule has 2 atom stereocenters. The van der Waals surface area contributed by atoms with E-state index in [-0.39, 0.29) is 12.2 Å². The van der Waals surface area contributed by atoms with Gasteiger partial charge in [0.1, 0.15) is 0 Å². The summed E-state index contributed by atoms with van der Waals surface area (Å²) in [4.78, 5) is 11.3. The summed E-state index contributed by atoms with van der Waals surface area (Å²) in [5.74, 6) is 2.49. The molecule has 1 aliphatic heterocycles. The van der Waals surface area contributed by atoms with E-state index in [0.29, 0.717) is 46.8 Å². The van der Waals surface area contributed by atoms with Gasteiger partial charge in [0, 0.05) is 18.7 Å². The minimum absolute atomic E-state index is 0.150. The van der Waals surface area contributed by atoms with Crippen LogP contribution in [-0.2, 0) is 16.0 Å². The van der Waals surface area contributed by atoms with E-state index in [2.05, 4.69) is 0 Å². The first kappa shape index (κ1) is 28.1. The molecule has 202 valence electrons. The van der Waals surface area contributed by atoms with Gasteiger partial charge >= 0.3 is 0 Å². The average Bonchev–Trinajstić information content (AvgIpc) is 3.41. The number of allylic oxidation sites excluding steroid dienone is 1. The average molecular weight is 516 g/mol. The molecular weight excluding hydrogens is 478 g/mol. The van der Waals surface area contributed by atoms with E-state index >= 15 is 0 Å². The zero-order valence-corrected chi connectivity index (χ0v) is 22.4. The Labute approximate surface area is 218 Å². The van der Waals surface area contributed by atoms with Gasteiger partial charge < -0.3 is 28.4 Å². The first-order chi connectivity index (χ1) is 17.9. The molecular formula is C28H37NO8. The fourth-order valence-electron chi connectivity index (χ4n) is 4.34. The molecule has 2 aromatic carbocycles. The quantitative estimate of drug-likeness (QED) is 0.297. The van der Waals surface area contributed by atoms with Crippen molar-refractivity contribution in [2.75, 3.05) is 35.0 Å². The van der Waals surface area contributed by atoms with Crippen molar-refractivity contribution < 1.29 is 38.4 Å². The fraction of sp³-hybridized carbons (Fsp3) is 0.464. The molecule has 1 aliphatic rings.